The Bertz CT molecular complexity index is 997. The van der Waals surface area contributed by atoms with Crippen molar-refractivity contribution in [3.05, 3.63) is 52.6 Å². The third kappa shape index (κ3) is 1.32. The van der Waals surface area contributed by atoms with Crippen LogP contribution in [0.15, 0.2) is 41.5 Å². The first-order valence-corrected chi connectivity index (χ1v) is 5.99. The van der Waals surface area contributed by atoms with Crippen molar-refractivity contribution in [1.82, 2.24) is 19.6 Å². The SMILES string of the molecule is Cc1ccc2nc3ccc4cn[nH]c4c3c(=O)n2c1. The van der Waals surface area contributed by atoms with Crippen LogP contribution in [0.3, 0.4) is 0 Å². The molecule has 0 fully saturated rings. The number of rotatable bonds is 0. The van der Waals surface area contributed by atoms with Crippen LogP contribution in [0.4, 0.5) is 0 Å². The molecular formula is C14H10N4O. The standard InChI is InChI=1S/C14H10N4O/c1-8-2-5-11-16-10-4-3-9-6-15-17-13(9)12(10)14(19)18(11)7-8/h2-7H,1H3,(H,15,17). The number of aryl methyl sites for hydroxylation is 1. The predicted octanol–water partition coefficient (Wildman–Crippen LogP) is 2.03. The molecule has 3 aromatic heterocycles. The van der Waals surface area contributed by atoms with Gasteiger partial charge in [0.2, 0.25) is 0 Å². The molecule has 5 heteroatoms. The van der Waals surface area contributed by atoms with Crippen molar-refractivity contribution in [2.45, 2.75) is 6.92 Å². The molecule has 3 heterocycles. The number of aromatic nitrogens is 4. The molecule has 5 nitrogen and oxygen atoms in total. The zero-order chi connectivity index (χ0) is 13.0. The lowest BCUT2D eigenvalue weighted by Gasteiger charge is -2.04. The van der Waals surface area contributed by atoms with Crippen LogP contribution in [-0.2, 0) is 0 Å². The Kier molecular flexibility index (Phi) is 1.84. The van der Waals surface area contributed by atoms with Gasteiger partial charge in [-0.05, 0) is 30.7 Å². The Hall–Kier alpha value is -2.69. The summed E-state index contributed by atoms with van der Waals surface area (Å²) in [5.41, 5.74) is 3.03. The van der Waals surface area contributed by atoms with Crippen molar-refractivity contribution in [3.63, 3.8) is 0 Å². The van der Waals surface area contributed by atoms with Gasteiger partial charge in [-0.25, -0.2) is 4.98 Å². The second-order valence-electron chi connectivity index (χ2n) is 4.65. The van der Waals surface area contributed by atoms with Gasteiger partial charge in [0.15, 0.2) is 0 Å². The summed E-state index contributed by atoms with van der Waals surface area (Å²) in [5, 5.41) is 8.37. The molecule has 0 aliphatic carbocycles. The number of hydrogen-bond acceptors (Lipinski definition) is 3. The molecule has 4 rings (SSSR count). The topological polar surface area (TPSA) is 63.0 Å². The summed E-state index contributed by atoms with van der Waals surface area (Å²) in [6, 6.07) is 7.57. The van der Waals surface area contributed by atoms with E-state index in [1.54, 1.807) is 16.8 Å². The van der Waals surface area contributed by atoms with Gasteiger partial charge in [-0.2, -0.15) is 5.10 Å². The zero-order valence-corrected chi connectivity index (χ0v) is 10.2. The molecule has 0 bridgehead atoms. The van der Waals surface area contributed by atoms with E-state index in [2.05, 4.69) is 15.2 Å². The highest BCUT2D eigenvalue weighted by molar-refractivity contribution is 6.03. The number of fused-ring (bicyclic) bond motifs is 4. The molecule has 0 aliphatic rings. The first kappa shape index (κ1) is 10.3. The number of nitrogens with one attached hydrogen (secondary N) is 1. The second kappa shape index (κ2) is 3.41. The fourth-order valence-corrected chi connectivity index (χ4v) is 2.41. The van der Waals surface area contributed by atoms with E-state index in [1.807, 2.05) is 31.2 Å². The van der Waals surface area contributed by atoms with Gasteiger partial charge in [-0.15, -0.1) is 0 Å². The first-order chi connectivity index (χ1) is 9.24. The molecule has 1 aromatic carbocycles. The Morgan fingerprint density at radius 2 is 2.11 bits per heavy atom. The highest BCUT2D eigenvalue weighted by Gasteiger charge is 2.10. The van der Waals surface area contributed by atoms with E-state index in [1.165, 1.54) is 0 Å². The van der Waals surface area contributed by atoms with Crippen LogP contribution in [0.2, 0.25) is 0 Å². The average molecular weight is 250 g/mol. The molecule has 0 unspecified atom stereocenters. The normalized spacial score (nSPS) is 11.6. The lowest BCUT2D eigenvalue weighted by molar-refractivity contribution is 1.06. The fraction of sp³-hybridized carbons (Fsp3) is 0.0714. The maximum absolute atomic E-state index is 12.6. The highest BCUT2D eigenvalue weighted by atomic mass is 16.1. The molecule has 1 N–H and O–H groups in total. The monoisotopic (exact) mass is 250 g/mol. The zero-order valence-electron chi connectivity index (χ0n) is 10.2. The van der Waals surface area contributed by atoms with Crippen molar-refractivity contribution >= 4 is 27.5 Å². The fourth-order valence-electron chi connectivity index (χ4n) is 2.41. The van der Waals surface area contributed by atoms with E-state index in [9.17, 15) is 4.79 Å². The largest absolute Gasteiger partial charge is 0.277 e. The molecule has 92 valence electrons. The summed E-state index contributed by atoms with van der Waals surface area (Å²) in [5.74, 6) is 0. The minimum absolute atomic E-state index is 0.0708. The summed E-state index contributed by atoms with van der Waals surface area (Å²) in [7, 11) is 0. The van der Waals surface area contributed by atoms with Gasteiger partial charge in [0.1, 0.15) is 5.65 Å². The number of pyridine rings is 1. The molecule has 0 radical (unpaired) electrons. The van der Waals surface area contributed by atoms with Gasteiger partial charge < -0.3 is 0 Å². The molecule has 0 amide bonds. The third-order valence-electron chi connectivity index (χ3n) is 3.34. The summed E-state index contributed by atoms with van der Waals surface area (Å²) < 4.78 is 1.58. The summed E-state index contributed by atoms with van der Waals surface area (Å²) in [4.78, 5) is 17.2. The minimum atomic E-state index is -0.0708. The third-order valence-corrected chi connectivity index (χ3v) is 3.34. The van der Waals surface area contributed by atoms with E-state index >= 15 is 0 Å². The summed E-state index contributed by atoms with van der Waals surface area (Å²) in [6.07, 6.45) is 3.51. The van der Waals surface area contributed by atoms with E-state index in [0.29, 0.717) is 16.6 Å². The van der Waals surface area contributed by atoms with Gasteiger partial charge in [0.25, 0.3) is 5.56 Å². The van der Waals surface area contributed by atoms with Gasteiger partial charge in [-0.3, -0.25) is 14.3 Å². The van der Waals surface area contributed by atoms with E-state index in [4.69, 9.17) is 0 Å². The predicted molar refractivity (Wildman–Crippen MR) is 73.4 cm³/mol. The molecular weight excluding hydrogens is 240 g/mol. The van der Waals surface area contributed by atoms with Crippen molar-refractivity contribution in [2.75, 3.05) is 0 Å². The number of benzene rings is 1. The van der Waals surface area contributed by atoms with Crippen LogP contribution in [-0.4, -0.2) is 19.6 Å². The second-order valence-corrected chi connectivity index (χ2v) is 4.65. The van der Waals surface area contributed by atoms with Crippen LogP contribution < -0.4 is 5.56 Å². The van der Waals surface area contributed by atoms with Gasteiger partial charge in [0, 0.05) is 11.6 Å². The van der Waals surface area contributed by atoms with Gasteiger partial charge in [-0.1, -0.05) is 6.07 Å². The quantitative estimate of drug-likeness (QED) is 0.486. The molecule has 0 saturated carbocycles. The molecule has 0 saturated heterocycles. The summed E-state index contributed by atoms with van der Waals surface area (Å²) in [6.45, 7) is 1.95. The molecule has 19 heavy (non-hydrogen) atoms. The maximum atomic E-state index is 12.6. The van der Waals surface area contributed by atoms with Crippen LogP contribution in [0.25, 0.3) is 27.5 Å². The summed E-state index contributed by atoms with van der Waals surface area (Å²) >= 11 is 0. The van der Waals surface area contributed by atoms with Crippen LogP contribution in [0.1, 0.15) is 5.56 Å². The minimum Gasteiger partial charge on any atom is -0.277 e. The lowest BCUT2D eigenvalue weighted by atomic mass is 10.1. The Morgan fingerprint density at radius 3 is 3.00 bits per heavy atom. The number of nitrogens with zero attached hydrogens (tertiary/aromatic N) is 3. The van der Waals surface area contributed by atoms with E-state index in [0.717, 1.165) is 16.5 Å². The Morgan fingerprint density at radius 1 is 1.21 bits per heavy atom. The molecule has 0 atom stereocenters. The molecule has 4 aromatic rings. The Balaban J connectivity index is 2.36. The number of H-pyrrole nitrogens is 1. The first-order valence-electron chi connectivity index (χ1n) is 5.99. The van der Waals surface area contributed by atoms with Crippen molar-refractivity contribution in [3.8, 4) is 0 Å². The van der Waals surface area contributed by atoms with Crippen LogP contribution in [0.5, 0.6) is 0 Å². The van der Waals surface area contributed by atoms with Gasteiger partial charge >= 0.3 is 0 Å². The van der Waals surface area contributed by atoms with Crippen molar-refractivity contribution < 1.29 is 0 Å². The molecule has 0 aliphatic heterocycles. The van der Waals surface area contributed by atoms with Crippen molar-refractivity contribution in [2.24, 2.45) is 0 Å². The maximum Gasteiger partial charge on any atom is 0.267 e. The number of hydrogen-bond donors (Lipinski definition) is 1. The smallest absolute Gasteiger partial charge is 0.267 e. The van der Waals surface area contributed by atoms with E-state index in [-0.39, 0.29) is 5.56 Å². The van der Waals surface area contributed by atoms with Crippen LogP contribution >= 0.6 is 0 Å². The van der Waals surface area contributed by atoms with Crippen LogP contribution in [0, 0.1) is 6.92 Å². The highest BCUT2D eigenvalue weighted by Crippen LogP contribution is 2.19. The van der Waals surface area contributed by atoms with Crippen molar-refractivity contribution in [1.29, 1.82) is 0 Å². The van der Waals surface area contributed by atoms with E-state index < -0.39 is 0 Å². The number of aromatic amines is 1. The van der Waals surface area contributed by atoms with Gasteiger partial charge in [0.05, 0.1) is 22.6 Å². The average Bonchev–Trinajstić information content (AvgIpc) is 2.88. The Labute approximate surface area is 107 Å². The lowest BCUT2D eigenvalue weighted by Crippen LogP contribution is -2.15. The molecule has 0 spiro atoms.